The molecule has 0 unspecified atom stereocenters. The number of nitrogens with one attached hydrogen (secondary N) is 1. The molecule has 0 bridgehead atoms. The molecule has 0 fully saturated rings. The van der Waals surface area contributed by atoms with Gasteiger partial charge in [0.1, 0.15) is 5.82 Å². The highest BCUT2D eigenvalue weighted by Crippen LogP contribution is 2.03. The molecule has 0 saturated carbocycles. The molecule has 3 heteroatoms. The average Bonchev–Trinajstić information content (AvgIpc) is 2.14. The van der Waals surface area contributed by atoms with Gasteiger partial charge < -0.3 is 10.2 Å². The summed E-state index contributed by atoms with van der Waals surface area (Å²) >= 11 is 0. The third kappa shape index (κ3) is 1.22. The third-order valence-electron chi connectivity index (χ3n) is 1.23. The predicted molar refractivity (Wildman–Crippen MR) is 34.5 cm³/mol. The molecule has 0 spiro atoms. The summed E-state index contributed by atoms with van der Waals surface area (Å²) in [4.78, 5) is 12.4. The van der Waals surface area contributed by atoms with Crippen LogP contribution in [0.1, 0.15) is 6.42 Å². The first-order valence-corrected chi connectivity index (χ1v) is 2.87. The highest BCUT2D eigenvalue weighted by molar-refractivity contribution is 5.82. The summed E-state index contributed by atoms with van der Waals surface area (Å²) < 4.78 is 0. The lowest BCUT2D eigenvalue weighted by molar-refractivity contribution is -0.119. The molecule has 9 heavy (non-hydrogen) atoms. The van der Waals surface area contributed by atoms with Crippen LogP contribution in [0.2, 0.25) is 0 Å². The molecule has 1 amide bonds. The fraction of sp³-hybridized carbons (Fsp3) is 0.500. The van der Waals surface area contributed by atoms with E-state index in [0.717, 1.165) is 5.82 Å². The lowest BCUT2D eigenvalue weighted by atomic mass is 10.4. The second-order valence-corrected chi connectivity index (χ2v) is 2.24. The van der Waals surface area contributed by atoms with Crippen molar-refractivity contribution < 1.29 is 4.79 Å². The van der Waals surface area contributed by atoms with Gasteiger partial charge in [0.05, 0.1) is 0 Å². The summed E-state index contributed by atoms with van der Waals surface area (Å²) in [6.07, 6.45) is 2.40. The summed E-state index contributed by atoms with van der Waals surface area (Å²) in [5.74, 6) is 0.985. The first-order chi connectivity index (χ1) is 4.20. The maximum absolute atomic E-state index is 10.6. The fourth-order valence-electron chi connectivity index (χ4n) is 0.729. The lowest BCUT2D eigenvalue weighted by Crippen LogP contribution is -2.24. The van der Waals surface area contributed by atoms with Gasteiger partial charge in [0.15, 0.2) is 0 Å². The van der Waals surface area contributed by atoms with Crippen molar-refractivity contribution in [3.05, 3.63) is 11.9 Å². The summed E-state index contributed by atoms with van der Waals surface area (Å²) in [6, 6.07) is 0. The number of hydrogen-bond acceptors (Lipinski definition) is 2. The van der Waals surface area contributed by atoms with E-state index in [1.165, 1.54) is 0 Å². The minimum atomic E-state index is 0.0821. The van der Waals surface area contributed by atoms with Crippen molar-refractivity contribution in [2.24, 2.45) is 0 Å². The Balaban J connectivity index is 2.55. The first-order valence-electron chi connectivity index (χ1n) is 2.87. The van der Waals surface area contributed by atoms with Crippen LogP contribution < -0.4 is 5.32 Å². The van der Waals surface area contributed by atoms with Gasteiger partial charge >= 0.3 is 0 Å². The van der Waals surface area contributed by atoms with Crippen molar-refractivity contribution in [1.29, 1.82) is 0 Å². The van der Waals surface area contributed by atoms with Crippen molar-refractivity contribution in [1.82, 2.24) is 10.2 Å². The molecule has 0 atom stereocenters. The minimum Gasteiger partial charge on any atom is -0.364 e. The van der Waals surface area contributed by atoms with Crippen molar-refractivity contribution in [2.45, 2.75) is 6.42 Å². The summed E-state index contributed by atoms with van der Waals surface area (Å²) in [5.41, 5.74) is 0. The molecule has 0 aliphatic carbocycles. The molecule has 1 aliphatic rings. The van der Waals surface area contributed by atoms with Crippen molar-refractivity contribution in [3.8, 4) is 0 Å². The Labute approximate surface area is 54.3 Å². The molecule has 0 aromatic rings. The molecule has 0 radical (unpaired) electrons. The molecule has 0 aromatic carbocycles. The standard InChI is InChI=1S/C6H10N2O/c1-8(2)5-3-4-6(9)7-5/h3H,4H2,1-2H3,(H,7,9). The predicted octanol–water partition coefficient (Wildman–Crippen LogP) is -0.0907. The van der Waals surface area contributed by atoms with E-state index in [1.54, 1.807) is 0 Å². The first kappa shape index (κ1) is 6.13. The molecule has 1 heterocycles. The highest BCUT2D eigenvalue weighted by Gasteiger charge is 2.11. The number of rotatable bonds is 1. The second kappa shape index (κ2) is 2.09. The molecular weight excluding hydrogens is 116 g/mol. The molecule has 1 aliphatic heterocycles. The van der Waals surface area contributed by atoms with Crippen LogP contribution in [0.15, 0.2) is 11.9 Å². The summed E-state index contributed by atoms with van der Waals surface area (Å²) in [6.45, 7) is 0. The molecule has 1 N–H and O–H groups in total. The SMILES string of the molecule is CN(C)C1=CCC(=O)N1. The average molecular weight is 126 g/mol. The van der Waals surface area contributed by atoms with Gasteiger partial charge in [-0.3, -0.25) is 4.79 Å². The van der Waals surface area contributed by atoms with Crippen molar-refractivity contribution >= 4 is 5.91 Å². The maximum Gasteiger partial charge on any atom is 0.229 e. The van der Waals surface area contributed by atoms with Crippen LogP contribution in [0.4, 0.5) is 0 Å². The van der Waals surface area contributed by atoms with E-state index in [4.69, 9.17) is 0 Å². The van der Waals surface area contributed by atoms with E-state index in [-0.39, 0.29) is 5.91 Å². The zero-order valence-corrected chi connectivity index (χ0v) is 5.64. The van der Waals surface area contributed by atoms with E-state index in [9.17, 15) is 4.79 Å². The number of hydrogen-bond donors (Lipinski definition) is 1. The van der Waals surface area contributed by atoms with E-state index in [2.05, 4.69) is 5.32 Å². The molecule has 3 nitrogen and oxygen atoms in total. The Morgan fingerprint density at radius 2 is 2.33 bits per heavy atom. The molecule has 0 aromatic heterocycles. The van der Waals surface area contributed by atoms with Gasteiger partial charge in [0, 0.05) is 20.5 Å². The van der Waals surface area contributed by atoms with E-state index in [1.807, 2.05) is 25.1 Å². The number of carbonyl (C=O) groups is 1. The van der Waals surface area contributed by atoms with Gasteiger partial charge in [0.2, 0.25) is 5.91 Å². The van der Waals surface area contributed by atoms with Crippen LogP contribution in [0, 0.1) is 0 Å². The smallest absolute Gasteiger partial charge is 0.229 e. The zero-order chi connectivity index (χ0) is 6.85. The Hall–Kier alpha value is -0.990. The molecule has 1 rings (SSSR count). The lowest BCUT2D eigenvalue weighted by Gasteiger charge is -2.12. The van der Waals surface area contributed by atoms with Crippen LogP contribution >= 0.6 is 0 Å². The Bertz CT molecular complexity index is 160. The summed E-state index contributed by atoms with van der Waals surface area (Å²) in [5, 5.41) is 2.70. The number of nitrogens with zero attached hydrogens (tertiary/aromatic N) is 1. The zero-order valence-electron chi connectivity index (χ0n) is 5.64. The maximum atomic E-state index is 10.6. The van der Waals surface area contributed by atoms with Gasteiger partial charge in [0.25, 0.3) is 0 Å². The minimum absolute atomic E-state index is 0.0821. The van der Waals surface area contributed by atoms with Gasteiger partial charge in [-0.25, -0.2) is 0 Å². The van der Waals surface area contributed by atoms with Crippen LogP contribution in [-0.2, 0) is 4.79 Å². The molecular formula is C6H10N2O. The van der Waals surface area contributed by atoms with E-state index >= 15 is 0 Å². The Morgan fingerprint density at radius 3 is 2.56 bits per heavy atom. The molecule has 50 valence electrons. The molecule has 0 saturated heterocycles. The fourth-order valence-corrected chi connectivity index (χ4v) is 0.729. The topological polar surface area (TPSA) is 32.3 Å². The van der Waals surface area contributed by atoms with Crippen molar-refractivity contribution in [3.63, 3.8) is 0 Å². The van der Waals surface area contributed by atoms with Crippen LogP contribution in [0.5, 0.6) is 0 Å². The quantitative estimate of drug-likeness (QED) is 0.532. The van der Waals surface area contributed by atoms with Gasteiger partial charge in [-0.05, 0) is 6.08 Å². The normalized spacial score (nSPS) is 17.1. The van der Waals surface area contributed by atoms with Gasteiger partial charge in [-0.2, -0.15) is 0 Å². The van der Waals surface area contributed by atoms with E-state index < -0.39 is 0 Å². The van der Waals surface area contributed by atoms with Gasteiger partial charge in [-0.15, -0.1) is 0 Å². The van der Waals surface area contributed by atoms with E-state index in [0.29, 0.717) is 6.42 Å². The van der Waals surface area contributed by atoms with Crippen LogP contribution in [0.3, 0.4) is 0 Å². The Morgan fingerprint density at radius 1 is 1.67 bits per heavy atom. The summed E-state index contributed by atoms with van der Waals surface area (Å²) in [7, 11) is 3.80. The third-order valence-corrected chi connectivity index (χ3v) is 1.23. The Kier molecular flexibility index (Phi) is 1.42. The monoisotopic (exact) mass is 126 g/mol. The highest BCUT2D eigenvalue weighted by atomic mass is 16.1. The number of carbonyl (C=O) groups excluding carboxylic acids is 1. The number of amides is 1. The van der Waals surface area contributed by atoms with Crippen molar-refractivity contribution in [2.75, 3.05) is 14.1 Å². The van der Waals surface area contributed by atoms with Crippen LogP contribution in [-0.4, -0.2) is 24.9 Å². The second-order valence-electron chi connectivity index (χ2n) is 2.24. The van der Waals surface area contributed by atoms with Crippen LogP contribution in [0.25, 0.3) is 0 Å². The van der Waals surface area contributed by atoms with Gasteiger partial charge in [-0.1, -0.05) is 0 Å². The largest absolute Gasteiger partial charge is 0.364 e.